The molecule has 0 spiro atoms. The Bertz CT molecular complexity index is 438. The third-order valence-electron chi connectivity index (χ3n) is 3.59. The van der Waals surface area contributed by atoms with Gasteiger partial charge < -0.3 is 21.3 Å². The molecule has 4 N–H and O–H groups in total. The van der Waals surface area contributed by atoms with Crippen molar-refractivity contribution >= 4 is 11.7 Å². The molecule has 5 heteroatoms. The SMILES string of the molecule is CC(N)c1ccc(NC(=O)NCC(C)(C)N(C)C)cc1. The van der Waals surface area contributed by atoms with Crippen molar-refractivity contribution in [1.82, 2.24) is 10.2 Å². The predicted molar refractivity (Wildman–Crippen MR) is 83.8 cm³/mol. The van der Waals surface area contributed by atoms with Crippen LogP contribution in [0.2, 0.25) is 0 Å². The number of urea groups is 1. The Hall–Kier alpha value is -1.59. The zero-order valence-corrected chi connectivity index (χ0v) is 13.0. The number of likely N-dealkylation sites (N-methyl/N-ethyl adjacent to an activating group) is 1. The standard InChI is InChI=1S/C15H26N4O/c1-11(16)12-6-8-13(9-7-12)18-14(20)17-10-15(2,3)19(4)5/h6-9,11H,10,16H2,1-5H3,(H2,17,18,20). The van der Waals surface area contributed by atoms with Crippen molar-refractivity contribution in [3.63, 3.8) is 0 Å². The molecule has 0 radical (unpaired) electrons. The molecule has 112 valence electrons. The zero-order chi connectivity index (χ0) is 15.3. The van der Waals surface area contributed by atoms with Gasteiger partial charge >= 0.3 is 6.03 Å². The molecular formula is C15H26N4O. The van der Waals surface area contributed by atoms with Crippen LogP contribution in [0.3, 0.4) is 0 Å². The highest BCUT2D eigenvalue weighted by atomic mass is 16.2. The van der Waals surface area contributed by atoms with Crippen molar-refractivity contribution < 1.29 is 4.79 Å². The Morgan fingerprint density at radius 2 is 1.85 bits per heavy atom. The number of anilines is 1. The Morgan fingerprint density at radius 3 is 2.30 bits per heavy atom. The van der Waals surface area contributed by atoms with Gasteiger partial charge in [-0.3, -0.25) is 0 Å². The number of amides is 2. The second-order valence-electron chi connectivity index (χ2n) is 5.93. The van der Waals surface area contributed by atoms with Crippen molar-refractivity contribution in [2.24, 2.45) is 5.73 Å². The third-order valence-corrected chi connectivity index (χ3v) is 3.59. The highest BCUT2D eigenvalue weighted by Gasteiger charge is 2.20. The normalized spacial score (nSPS) is 13.2. The van der Waals surface area contributed by atoms with E-state index >= 15 is 0 Å². The Kier molecular flexibility index (Phi) is 5.53. The highest BCUT2D eigenvalue weighted by molar-refractivity contribution is 5.89. The number of nitrogens with zero attached hydrogens (tertiary/aromatic N) is 1. The van der Waals surface area contributed by atoms with E-state index in [0.717, 1.165) is 11.3 Å². The van der Waals surface area contributed by atoms with Crippen LogP contribution in [0.15, 0.2) is 24.3 Å². The molecule has 2 amide bonds. The Balaban J connectivity index is 2.50. The van der Waals surface area contributed by atoms with Crippen LogP contribution in [-0.2, 0) is 0 Å². The summed E-state index contributed by atoms with van der Waals surface area (Å²) in [5.74, 6) is 0. The van der Waals surface area contributed by atoms with Crippen molar-refractivity contribution in [3.8, 4) is 0 Å². The van der Waals surface area contributed by atoms with E-state index in [4.69, 9.17) is 5.73 Å². The molecule has 1 rings (SSSR count). The van der Waals surface area contributed by atoms with Gasteiger partial charge in [-0.2, -0.15) is 0 Å². The van der Waals surface area contributed by atoms with E-state index in [2.05, 4.69) is 29.4 Å². The summed E-state index contributed by atoms with van der Waals surface area (Å²) in [7, 11) is 3.98. The van der Waals surface area contributed by atoms with E-state index in [0.29, 0.717) is 6.54 Å². The van der Waals surface area contributed by atoms with Crippen molar-refractivity contribution in [1.29, 1.82) is 0 Å². The largest absolute Gasteiger partial charge is 0.336 e. The van der Waals surface area contributed by atoms with Crippen LogP contribution >= 0.6 is 0 Å². The number of hydrogen-bond acceptors (Lipinski definition) is 3. The summed E-state index contributed by atoms with van der Waals surface area (Å²) in [6, 6.07) is 7.35. The van der Waals surface area contributed by atoms with Crippen LogP contribution < -0.4 is 16.4 Å². The molecule has 0 saturated heterocycles. The lowest BCUT2D eigenvalue weighted by Crippen LogP contribution is -2.49. The average Bonchev–Trinajstić information content (AvgIpc) is 2.37. The van der Waals surface area contributed by atoms with Crippen LogP contribution in [0.25, 0.3) is 0 Å². The molecule has 0 aliphatic carbocycles. The molecule has 0 aromatic heterocycles. The van der Waals surface area contributed by atoms with Gasteiger partial charge in [0.25, 0.3) is 0 Å². The van der Waals surface area contributed by atoms with Gasteiger partial charge in [0.2, 0.25) is 0 Å². The van der Waals surface area contributed by atoms with Crippen molar-refractivity contribution in [2.75, 3.05) is 26.0 Å². The van der Waals surface area contributed by atoms with Crippen molar-refractivity contribution in [3.05, 3.63) is 29.8 Å². The Morgan fingerprint density at radius 1 is 1.30 bits per heavy atom. The van der Waals surface area contributed by atoms with Gasteiger partial charge in [-0.25, -0.2) is 4.79 Å². The highest BCUT2D eigenvalue weighted by Crippen LogP contribution is 2.14. The Labute approximate surface area is 121 Å². The average molecular weight is 278 g/mol. The molecule has 1 atom stereocenters. The van der Waals surface area contributed by atoms with E-state index in [9.17, 15) is 4.79 Å². The molecular weight excluding hydrogens is 252 g/mol. The van der Waals surface area contributed by atoms with Gasteiger partial charge in [0.05, 0.1) is 0 Å². The first kappa shape index (κ1) is 16.5. The van der Waals surface area contributed by atoms with E-state index in [1.54, 1.807) is 0 Å². The number of benzene rings is 1. The number of rotatable bonds is 5. The first-order valence-electron chi connectivity index (χ1n) is 6.80. The molecule has 0 saturated carbocycles. The fourth-order valence-corrected chi connectivity index (χ4v) is 1.50. The number of hydrogen-bond donors (Lipinski definition) is 3. The fourth-order valence-electron chi connectivity index (χ4n) is 1.50. The van der Waals surface area contributed by atoms with Crippen LogP contribution in [-0.4, -0.2) is 37.1 Å². The van der Waals surface area contributed by atoms with Crippen LogP contribution in [0.4, 0.5) is 10.5 Å². The van der Waals surface area contributed by atoms with E-state index < -0.39 is 0 Å². The lowest BCUT2D eigenvalue weighted by Gasteiger charge is -2.32. The summed E-state index contributed by atoms with van der Waals surface area (Å²) in [6.07, 6.45) is 0. The minimum atomic E-state index is -0.200. The first-order valence-corrected chi connectivity index (χ1v) is 6.80. The molecule has 0 aliphatic heterocycles. The smallest absolute Gasteiger partial charge is 0.319 e. The van der Waals surface area contributed by atoms with Crippen molar-refractivity contribution in [2.45, 2.75) is 32.4 Å². The van der Waals surface area contributed by atoms with Gasteiger partial charge in [-0.05, 0) is 52.6 Å². The number of carbonyl (C=O) groups excluding carboxylic acids is 1. The number of nitrogens with one attached hydrogen (secondary N) is 2. The zero-order valence-electron chi connectivity index (χ0n) is 13.0. The molecule has 5 nitrogen and oxygen atoms in total. The second-order valence-corrected chi connectivity index (χ2v) is 5.93. The second kappa shape index (κ2) is 6.72. The lowest BCUT2D eigenvalue weighted by atomic mass is 10.0. The first-order chi connectivity index (χ1) is 9.22. The topological polar surface area (TPSA) is 70.4 Å². The summed E-state index contributed by atoms with van der Waals surface area (Å²) in [4.78, 5) is 13.9. The monoisotopic (exact) mass is 278 g/mol. The maximum atomic E-state index is 11.8. The summed E-state index contributed by atoms with van der Waals surface area (Å²) in [5.41, 5.74) is 7.50. The molecule has 1 unspecified atom stereocenters. The molecule has 0 aliphatic rings. The molecule has 0 heterocycles. The summed E-state index contributed by atoms with van der Waals surface area (Å²) in [6.45, 7) is 6.65. The lowest BCUT2D eigenvalue weighted by molar-refractivity contribution is 0.189. The number of carbonyl (C=O) groups is 1. The molecule has 0 fully saturated rings. The minimum absolute atomic E-state index is 0.00114. The summed E-state index contributed by atoms with van der Waals surface area (Å²) >= 11 is 0. The molecule has 1 aromatic rings. The number of nitrogens with two attached hydrogens (primary N) is 1. The quantitative estimate of drug-likeness (QED) is 0.773. The van der Waals surface area contributed by atoms with Gasteiger partial charge in [0, 0.05) is 23.8 Å². The predicted octanol–water partition coefficient (Wildman–Crippen LogP) is 2.17. The van der Waals surface area contributed by atoms with E-state index in [-0.39, 0.29) is 17.6 Å². The summed E-state index contributed by atoms with van der Waals surface area (Å²) in [5, 5.41) is 5.68. The van der Waals surface area contributed by atoms with Crippen LogP contribution in [0, 0.1) is 0 Å². The van der Waals surface area contributed by atoms with Crippen LogP contribution in [0.1, 0.15) is 32.4 Å². The maximum Gasteiger partial charge on any atom is 0.319 e. The van der Waals surface area contributed by atoms with E-state index in [1.165, 1.54) is 0 Å². The van der Waals surface area contributed by atoms with Gasteiger partial charge in [-0.1, -0.05) is 12.1 Å². The minimum Gasteiger partial charge on any atom is -0.336 e. The molecule has 1 aromatic carbocycles. The third kappa shape index (κ3) is 4.83. The van der Waals surface area contributed by atoms with Gasteiger partial charge in [0.15, 0.2) is 0 Å². The van der Waals surface area contributed by atoms with Gasteiger partial charge in [0.1, 0.15) is 0 Å². The maximum absolute atomic E-state index is 11.8. The summed E-state index contributed by atoms with van der Waals surface area (Å²) < 4.78 is 0. The fraction of sp³-hybridized carbons (Fsp3) is 0.533. The molecule has 0 bridgehead atoms. The molecule has 20 heavy (non-hydrogen) atoms. The van der Waals surface area contributed by atoms with E-state index in [1.807, 2.05) is 45.3 Å². The van der Waals surface area contributed by atoms with Gasteiger partial charge in [-0.15, -0.1) is 0 Å². The van der Waals surface area contributed by atoms with Crippen LogP contribution in [0.5, 0.6) is 0 Å².